The van der Waals surface area contributed by atoms with Gasteiger partial charge in [-0.25, -0.2) is 5.43 Å². The normalized spacial score (nSPS) is 39.0. The largest absolute Gasteiger partial charge is 0.394 e. The minimum atomic E-state index is -2.45. The van der Waals surface area contributed by atoms with Crippen LogP contribution in [-0.2, 0) is 44.4 Å². The molecule has 0 aliphatic carbocycles. The lowest BCUT2D eigenvalue weighted by Gasteiger charge is -2.47. The molecule has 2 aromatic rings. The van der Waals surface area contributed by atoms with Crippen LogP contribution in [0.5, 0.6) is 0 Å². The highest BCUT2D eigenvalue weighted by molar-refractivity contribution is 5.75. The molecule has 378 valence electrons. The third kappa shape index (κ3) is 13.0. The minimum absolute atomic E-state index is 0.0988. The first-order valence-corrected chi connectivity index (χ1v) is 22.0. The van der Waals surface area contributed by atoms with E-state index in [-0.39, 0.29) is 13.0 Å². The lowest BCUT2D eigenvalue weighted by atomic mass is 9.96. The van der Waals surface area contributed by atoms with E-state index in [2.05, 4.69) is 10.9 Å². The molecule has 0 radical (unpaired) electrons. The van der Waals surface area contributed by atoms with E-state index in [9.17, 15) is 71.2 Å². The minimum Gasteiger partial charge on any atom is -0.394 e. The summed E-state index contributed by atoms with van der Waals surface area (Å²) in [5.74, 6) is -2.85. The van der Waals surface area contributed by atoms with Crippen molar-refractivity contribution in [3.05, 3.63) is 95.6 Å². The number of carbonyl (C=O) groups is 1. The molecule has 1 amide bonds. The lowest BCUT2D eigenvalue weighted by molar-refractivity contribution is -0.399. The second kappa shape index (κ2) is 24.9. The summed E-state index contributed by atoms with van der Waals surface area (Å²) in [5.41, 5.74) is 8.12. The van der Waals surface area contributed by atoms with Crippen LogP contribution in [-0.4, -0.2) is 221 Å². The van der Waals surface area contributed by atoms with Crippen molar-refractivity contribution in [3.8, 4) is 0 Å². The van der Waals surface area contributed by atoms with Crippen molar-refractivity contribution in [3.63, 3.8) is 0 Å². The van der Waals surface area contributed by atoms with Crippen molar-refractivity contribution in [1.82, 2.24) is 10.9 Å². The number of hydrogen-bond donors (Lipinski definition) is 15. The molecule has 19 unspecified atom stereocenters. The highest BCUT2D eigenvalue weighted by Crippen LogP contribution is 2.37. The van der Waals surface area contributed by atoms with E-state index in [0.29, 0.717) is 6.42 Å². The Balaban J connectivity index is 0.958. The first-order valence-electron chi connectivity index (χ1n) is 22.0. The fourth-order valence-electron chi connectivity index (χ4n) is 7.91. The first-order chi connectivity index (χ1) is 32.6. The molecule has 4 saturated heterocycles. The predicted octanol–water partition coefficient (Wildman–Crippen LogP) is -5.20. The molecule has 15 N–H and O–H groups in total. The number of aliphatic hydroxyl groups is 13. The number of aliphatic hydroxyl groups excluding tert-OH is 13. The van der Waals surface area contributed by atoms with Crippen LogP contribution in [0.25, 0.3) is 12.2 Å². The second-order valence-electron chi connectivity index (χ2n) is 16.7. The van der Waals surface area contributed by atoms with E-state index in [1.807, 2.05) is 91.1 Å². The fourth-order valence-corrected chi connectivity index (χ4v) is 7.91. The maximum atomic E-state index is 12.6. The Morgan fingerprint density at radius 2 is 1.18 bits per heavy atom. The maximum Gasteiger partial charge on any atom is 0.234 e. The average molecular weight is 967 g/mol. The third-order valence-electron chi connectivity index (χ3n) is 12.0. The summed E-state index contributed by atoms with van der Waals surface area (Å²) < 4.78 is 38.9. The van der Waals surface area contributed by atoms with E-state index in [1.54, 1.807) is 0 Å². The molecule has 6 rings (SSSR count). The molecule has 19 atom stereocenters. The van der Waals surface area contributed by atoms with Crippen molar-refractivity contribution in [2.75, 3.05) is 33.0 Å². The zero-order valence-electron chi connectivity index (χ0n) is 36.6. The number of hydrogen-bond acceptors (Lipinski definition) is 22. The smallest absolute Gasteiger partial charge is 0.234 e. The number of ether oxygens (including phenoxy) is 7. The SMILES string of the molecule is O=C(CCc1ccc(/C=C\C=CC=Cc2ccccc2)cc1)NNCC1OC(OCC2OC(OC3C(CO)OC(OC4(CO)OC(CO)C(O)C4O)C(O)C3O)C(O)C(O)C2O)C(O)C(O)C1O. The molecule has 0 saturated carbocycles. The Kier molecular flexibility index (Phi) is 19.6. The van der Waals surface area contributed by atoms with Gasteiger partial charge in [0.1, 0.15) is 98.2 Å². The molecule has 4 aliphatic heterocycles. The molecule has 2 aromatic carbocycles. The topological polar surface area (TPSA) is 369 Å². The predicted molar refractivity (Wildman–Crippen MR) is 231 cm³/mol. The van der Waals surface area contributed by atoms with Crippen LogP contribution < -0.4 is 10.9 Å². The summed E-state index contributed by atoms with van der Waals surface area (Å²) in [5, 5.41) is 136. The summed E-state index contributed by atoms with van der Waals surface area (Å²) in [6, 6.07) is 17.6. The highest BCUT2D eigenvalue weighted by Gasteiger charge is 2.59. The first kappa shape index (κ1) is 53.6. The van der Waals surface area contributed by atoms with Gasteiger partial charge in [-0.05, 0) is 23.1 Å². The van der Waals surface area contributed by atoms with E-state index in [0.717, 1.165) is 16.7 Å². The summed E-state index contributed by atoms with van der Waals surface area (Å²) in [6.45, 7) is -3.85. The molecule has 0 aromatic heterocycles. The van der Waals surface area contributed by atoms with Crippen molar-refractivity contribution < 1.29 is 104 Å². The molecule has 68 heavy (non-hydrogen) atoms. The number of aryl methyl sites for hydroxylation is 1. The lowest BCUT2D eigenvalue weighted by Crippen LogP contribution is -2.66. The van der Waals surface area contributed by atoms with Crippen LogP contribution in [0, 0.1) is 0 Å². The van der Waals surface area contributed by atoms with E-state index in [1.165, 1.54) is 0 Å². The van der Waals surface area contributed by atoms with Gasteiger partial charge in [0.2, 0.25) is 11.7 Å². The van der Waals surface area contributed by atoms with Gasteiger partial charge in [0.05, 0.1) is 19.8 Å². The molecule has 0 spiro atoms. The number of rotatable bonds is 20. The van der Waals surface area contributed by atoms with Crippen LogP contribution in [0.2, 0.25) is 0 Å². The maximum absolute atomic E-state index is 12.6. The average Bonchev–Trinajstić information content (AvgIpc) is 3.59. The van der Waals surface area contributed by atoms with Crippen LogP contribution in [0.15, 0.2) is 78.9 Å². The molecule has 23 heteroatoms. The van der Waals surface area contributed by atoms with Crippen molar-refractivity contribution in [2.45, 2.75) is 129 Å². The number of nitrogens with one attached hydrogen (secondary N) is 2. The van der Waals surface area contributed by atoms with Gasteiger partial charge in [0.15, 0.2) is 18.9 Å². The molecule has 0 bridgehead atoms. The van der Waals surface area contributed by atoms with Gasteiger partial charge >= 0.3 is 0 Å². The van der Waals surface area contributed by atoms with Gasteiger partial charge in [-0.15, -0.1) is 0 Å². The van der Waals surface area contributed by atoms with Crippen LogP contribution in [0.4, 0.5) is 0 Å². The Labute approximate surface area is 390 Å². The third-order valence-corrected chi connectivity index (χ3v) is 12.0. The molecule has 23 nitrogen and oxygen atoms in total. The Morgan fingerprint density at radius 1 is 0.603 bits per heavy atom. The zero-order chi connectivity index (χ0) is 49.1. The number of allylic oxidation sites excluding steroid dienone is 4. The number of benzene rings is 2. The Hall–Kier alpha value is -3.71. The standard InChI is InChI=1S/C45H62N2O21/c48-19-27-33(54)41(61)45(22-50,67-27)68-44-39(60)36(57)40(28(20-49)64-44)66-43-38(59)35(56)32(53)29(65-43)21-62-42-37(58)34(55)31(52)26(63-42)18-46-47-30(51)17-16-25-14-12-24(13-15-25)11-5-2-1-4-8-23-9-6-3-7-10-23/h1-15,26-29,31-44,46,48-50,52-61H,16-22H2,(H,47,51)/b2-1?,8-4?,11-5-. The van der Waals surface area contributed by atoms with E-state index in [4.69, 9.17) is 33.2 Å². The van der Waals surface area contributed by atoms with Crippen LogP contribution in [0.1, 0.15) is 23.1 Å². The van der Waals surface area contributed by atoms with E-state index >= 15 is 0 Å². The Morgan fingerprint density at radius 3 is 1.79 bits per heavy atom. The Bertz CT molecular complexity index is 1950. The fraction of sp³-hybridized carbons (Fsp3) is 0.578. The molecular formula is C45H62N2O21. The van der Waals surface area contributed by atoms with Gasteiger partial charge < -0.3 is 99.5 Å². The number of carbonyl (C=O) groups excluding carboxylic acids is 1. The molecule has 4 fully saturated rings. The second-order valence-corrected chi connectivity index (χ2v) is 16.7. The summed E-state index contributed by atoms with van der Waals surface area (Å²) in [6.07, 6.45) is -20.1. The van der Waals surface area contributed by atoms with Crippen LogP contribution in [0.3, 0.4) is 0 Å². The van der Waals surface area contributed by atoms with Crippen molar-refractivity contribution >= 4 is 18.1 Å². The van der Waals surface area contributed by atoms with E-state index < -0.39 is 149 Å². The van der Waals surface area contributed by atoms with Crippen molar-refractivity contribution in [2.24, 2.45) is 0 Å². The van der Waals surface area contributed by atoms with Gasteiger partial charge in [0, 0.05) is 13.0 Å². The summed E-state index contributed by atoms with van der Waals surface area (Å²) in [7, 11) is 0. The van der Waals surface area contributed by atoms with Gasteiger partial charge in [-0.2, -0.15) is 0 Å². The quantitative estimate of drug-likeness (QED) is 0.0436. The molecular weight excluding hydrogens is 904 g/mol. The summed E-state index contributed by atoms with van der Waals surface area (Å²) in [4.78, 5) is 12.6. The van der Waals surface area contributed by atoms with Gasteiger partial charge in [-0.3, -0.25) is 10.2 Å². The monoisotopic (exact) mass is 966 g/mol. The number of hydrazine groups is 1. The number of amides is 1. The van der Waals surface area contributed by atoms with Crippen LogP contribution >= 0.6 is 0 Å². The van der Waals surface area contributed by atoms with Gasteiger partial charge in [0.25, 0.3) is 0 Å². The molecule has 4 aliphatic rings. The summed E-state index contributed by atoms with van der Waals surface area (Å²) >= 11 is 0. The van der Waals surface area contributed by atoms with Gasteiger partial charge in [-0.1, -0.05) is 91.1 Å². The van der Waals surface area contributed by atoms with Crippen molar-refractivity contribution in [1.29, 1.82) is 0 Å². The zero-order valence-corrected chi connectivity index (χ0v) is 36.6. The molecule has 4 heterocycles. The highest BCUT2D eigenvalue weighted by atomic mass is 16.8.